The largest absolute Gasteiger partial charge is 0.384 e. The van der Waals surface area contributed by atoms with Crippen LogP contribution in [0.2, 0.25) is 5.02 Å². The number of anilines is 2. The Morgan fingerprint density at radius 2 is 2.08 bits per heavy atom. The number of aryl methyl sites for hydroxylation is 1. The molecule has 1 saturated heterocycles. The summed E-state index contributed by atoms with van der Waals surface area (Å²) in [7, 11) is -3.33. The van der Waals surface area contributed by atoms with E-state index < -0.39 is 9.84 Å². The van der Waals surface area contributed by atoms with Crippen molar-refractivity contribution in [2.24, 2.45) is 0 Å². The van der Waals surface area contributed by atoms with Crippen LogP contribution in [-0.2, 0) is 14.6 Å². The molecule has 1 aromatic carbocycles. The zero-order valence-corrected chi connectivity index (χ0v) is 16.3. The van der Waals surface area contributed by atoms with Crippen LogP contribution in [0, 0.1) is 6.92 Å². The van der Waals surface area contributed by atoms with Gasteiger partial charge in [0.05, 0.1) is 17.5 Å². The Bertz CT molecular complexity index is 898. The van der Waals surface area contributed by atoms with E-state index in [4.69, 9.17) is 22.1 Å². The van der Waals surface area contributed by atoms with Gasteiger partial charge in [-0.25, -0.2) is 13.4 Å². The van der Waals surface area contributed by atoms with E-state index in [1.807, 2.05) is 19.1 Å². The fourth-order valence-corrected chi connectivity index (χ4v) is 4.09. The molecular formula is C18H22ClN3O3S. The number of nitrogens with zero attached hydrogens (tertiary/aromatic N) is 2. The van der Waals surface area contributed by atoms with Gasteiger partial charge in [0, 0.05) is 41.9 Å². The lowest BCUT2D eigenvalue weighted by molar-refractivity contribution is 0.134. The van der Waals surface area contributed by atoms with Gasteiger partial charge < -0.3 is 15.4 Å². The smallest absolute Gasteiger partial charge is 0.175 e. The molecule has 0 amide bonds. The normalized spacial score (nSPS) is 18.6. The number of sulfone groups is 1. The quantitative estimate of drug-likeness (QED) is 0.859. The molecule has 8 heteroatoms. The van der Waals surface area contributed by atoms with Crippen molar-refractivity contribution in [1.82, 2.24) is 4.98 Å². The number of hydrogen-bond acceptors (Lipinski definition) is 6. The summed E-state index contributed by atoms with van der Waals surface area (Å²) < 4.78 is 29.7. The molecule has 2 aromatic rings. The molecule has 1 aromatic heterocycles. The number of ether oxygens (including phenoxy) is 1. The zero-order chi connectivity index (χ0) is 18.9. The summed E-state index contributed by atoms with van der Waals surface area (Å²) in [4.78, 5) is 6.63. The first-order valence-corrected chi connectivity index (χ1v) is 10.6. The van der Waals surface area contributed by atoms with Crippen molar-refractivity contribution < 1.29 is 13.2 Å². The number of nitrogens with two attached hydrogens (primary N) is 1. The molecule has 0 spiro atoms. The van der Waals surface area contributed by atoms with Crippen LogP contribution in [0.1, 0.15) is 23.7 Å². The van der Waals surface area contributed by atoms with Gasteiger partial charge in [0.1, 0.15) is 5.82 Å². The van der Waals surface area contributed by atoms with Crippen molar-refractivity contribution in [2.75, 3.05) is 36.6 Å². The highest BCUT2D eigenvalue weighted by molar-refractivity contribution is 7.90. The lowest BCUT2D eigenvalue weighted by Gasteiger charge is -2.32. The Kier molecular flexibility index (Phi) is 5.41. The average Bonchev–Trinajstić information content (AvgIpc) is 2.79. The van der Waals surface area contributed by atoms with Gasteiger partial charge in [-0.1, -0.05) is 11.6 Å². The van der Waals surface area contributed by atoms with E-state index in [2.05, 4.69) is 9.88 Å². The Balaban J connectivity index is 2.10. The van der Waals surface area contributed by atoms with Crippen molar-refractivity contribution in [3.63, 3.8) is 0 Å². The average molecular weight is 396 g/mol. The number of rotatable bonds is 3. The summed E-state index contributed by atoms with van der Waals surface area (Å²) in [5.74, 6) is 0.444. The van der Waals surface area contributed by atoms with Crippen LogP contribution in [0.3, 0.4) is 0 Å². The second-order valence-corrected chi connectivity index (χ2v) is 8.91. The van der Waals surface area contributed by atoms with E-state index in [0.717, 1.165) is 29.9 Å². The summed E-state index contributed by atoms with van der Waals surface area (Å²) >= 11 is 6.43. The summed E-state index contributed by atoms with van der Waals surface area (Å²) in [6, 6.07) is 8.36. The summed E-state index contributed by atoms with van der Waals surface area (Å²) in [6.07, 6.45) is 2.04. The minimum Gasteiger partial charge on any atom is -0.384 e. The summed E-state index contributed by atoms with van der Waals surface area (Å²) in [5.41, 5.74) is 8.39. The molecule has 26 heavy (non-hydrogen) atoms. The third-order valence-electron chi connectivity index (χ3n) is 4.38. The molecule has 3 rings (SSSR count). The molecule has 1 atom stereocenters. The lowest BCUT2D eigenvalue weighted by atomic mass is 10.0. The number of hydrogen-bond donors (Lipinski definition) is 1. The number of nitrogen functional groups attached to an aromatic ring is 1. The molecule has 1 fully saturated rings. The molecule has 2 heterocycles. The van der Waals surface area contributed by atoms with Crippen molar-refractivity contribution in [3.8, 4) is 0 Å². The fraction of sp³-hybridized carbons (Fsp3) is 0.389. The number of aromatic nitrogens is 1. The van der Waals surface area contributed by atoms with Gasteiger partial charge in [-0.15, -0.1) is 0 Å². The van der Waals surface area contributed by atoms with E-state index in [-0.39, 0.29) is 10.9 Å². The van der Waals surface area contributed by atoms with E-state index in [0.29, 0.717) is 24.1 Å². The van der Waals surface area contributed by atoms with Gasteiger partial charge in [0.2, 0.25) is 0 Å². The first kappa shape index (κ1) is 18.9. The van der Waals surface area contributed by atoms with Gasteiger partial charge in [0.15, 0.2) is 9.84 Å². The molecule has 2 N–H and O–H groups in total. The molecule has 0 radical (unpaired) electrons. The summed E-state index contributed by atoms with van der Waals surface area (Å²) in [6.45, 7) is 3.68. The molecule has 0 aliphatic carbocycles. The first-order valence-electron chi connectivity index (χ1n) is 8.34. The molecule has 0 bridgehead atoms. The van der Waals surface area contributed by atoms with Crippen molar-refractivity contribution >= 4 is 32.9 Å². The van der Waals surface area contributed by atoms with E-state index in [1.54, 1.807) is 12.1 Å². The molecule has 0 saturated carbocycles. The first-order chi connectivity index (χ1) is 12.3. The Morgan fingerprint density at radius 3 is 2.77 bits per heavy atom. The second kappa shape index (κ2) is 7.42. The van der Waals surface area contributed by atoms with Gasteiger partial charge in [-0.05, 0) is 43.2 Å². The molecule has 1 aliphatic heterocycles. The van der Waals surface area contributed by atoms with Crippen LogP contribution in [0.15, 0.2) is 35.2 Å². The standard InChI is InChI=1S/C18H22ClN3O3S/c1-12-8-13(9-18(20)21-12)22-6-3-7-25-11-17(22)15-10-14(26(2,23)24)4-5-16(15)19/h4-5,8-10,17H,3,6-7,11H2,1-2H3,(H2,20,21)/t17-/m0/s1. The highest BCUT2D eigenvalue weighted by atomic mass is 35.5. The maximum absolute atomic E-state index is 12.0. The van der Waals surface area contributed by atoms with Gasteiger partial charge >= 0.3 is 0 Å². The predicted molar refractivity (Wildman–Crippen MR) is 103 cm³/mol. The van der Waals surface area contributed by atoms with Gasteiger partial charge in [-0.2, -0.15) is 0 Å². The highest BCUT2D eigenvalue weighted by Gasteiger charge is 2.27. The Labute approximate surface area is 158 Å². The van der Waals surface area contributed by atoms with E-state index >= 15 is 0 Å². The van der Waals surface area contributed by atoms with Crippen molar-refractivity contribution in [2.45, 2.75) is 24.3 Å². The number of pyridine rings is 1. The molecule has 140 valence electrons. The van der Waals surface area contributed by atoms with Crippen LogP contribution >= 0.6 is 11.6 Å². The number of benzene rings is 1. The maximum Gasteiger partial charge on any atom is 0.175 e. The lowest BCUT2D eigenvalue weighted by Crippen LogP contribution is -2.31. The maximum atomic E-state index is 12.0. The van der Waals surface area contributed by atoms with Gasteiger partial charge in [-0.3, -0.25) is 0 Å². The molecule has 1 aliphatic rings. The monoisotopic (exact) mass is 395 g/mol. The number of halogens is 1. The van der Waals surface area contributed by atoms with Gasteiger partial charge in [0.25, 0.3) is 0 Å². The van der Waals surface area contributed by atoms with Crippen LogP contribution in [0.5, 0.6) is 0 Å². The predicted octanol–water partition coefficient (Wildman–Crippen LogP) is 3.00. The Morgan fingerprint density at radius 1 is 1.31 bits per heavy atom. The van der Waals surface area contributed by atoms with Crippen molar-refractivity contribution in [3.05, 3.63) is 46.6 Å². The minimum atomic E-state index is -3.33. The third-order valence-corrected chi connectivity index (χ3v) is 5.84. The van der Waals surface area contributed by atoms with E-state index in [1.165, 1.54) is 12.3 Å². The fourth-order valence-electron chi connectivity index (χ4n) is 3.19. The SMILES string of the molecule is Cc1cc(N2CCCOC[C@H]2c2cc(S(C)(=O)=O)ccc2Cl)cc(N)n1. The highest BCUT2D eigenvalue weighted by Crippen LogP contribution is 2.35. The third kappa shape index (κ3) is 4.11. The molecule has 6 nitrogen and oxygen atoms in total. The topological polar surface area (TPSA) is 85.5 Å². The molecular weight excluding hydrogens is 374 g/mol. The Hall–Kier alpha value is -1.83. The van der Waals surface area contributed by atoms with Crippen LogP contribution in [0.25, 0.3) is 0 Å². The van der Waals surface area contributed by atoms with Crippen LogP contribution in [-0.4, -0.2) is 39.4 Å². The minimum absolute atomic E-state index is 0.215. The second-order valence-electron chi connectivity index (χ2n) is 6.48. The van der Waals surface area contributed by atoms with E-state index in [9.17, 15) is 8.42 Å². The van der Waals surface area contributed by atoms with Crippen LogP contribution in [0.4, 0.5) is 11.5 Å². The zero-order valence-electron chi connectivity index (χ0n) is 14.8. The van der Waals surface area contributed by atoms with Crippen LogP contribution < -0.4 is 10.6 Å². The van der Waals surface area contributed by atoms with Crippen molar-refractivity contribution in [1.29, 1.82) is 0 Å². The molecule has 0 unspecified atom stereocenters. The summed E-state index contributed by atoms with van der Waals surface area (Å²) in [5, 5.41) is 0.511.